The van der Waals surface area contributed by atoms with Crippen molar-refractivity contribution in [2.75, 3.05) is 6.54 Å². The number of rotatable bonds is 3. The van der Waals surface area contributed by atoms with Crippen LogP contribution in [0.4, 0.5) is 0 Å². The molecule has 124 valence electrons. The number of aromatic nitrogens is 1. The zero-order valence-corrected chi connectivity index (χ0v) is 13.7. The Bertz CT molecular complexity index is 941. The fourth-order valence-electron chi connectivity index (χ4n) is 3.93. The predicted octanol–water partition coefficient (Wildman–Crippen LogP) is 1.76. The van der Waals surface area contributed by atoms with Crippen LogP contribution in [0.15, 0.2) is 51.8 Å². The fraction of sp³-hybridized carbons (Fsp3) is 0.316. The smallest absolute Gasteiger partial charge is 0.336 e. The van der Waals surface area contributed by atoms with E-state index in [4.69, 9.17) is 4.42 Å². The third-order valence-corrected chi connectivity index (χ3v) is 5.06. The molecule has 0 radical (unpaired) electrons. The molecule has 24 heavy (non-hydrogen) atoms. The minimum atomic E-state index is -0.364. The van der Waals surface area contributed by atoms with E-state index in [1.165, 1.54) is 23.1 Å². The summed E-state index contributed by atoms with van der Waals surface area (Å²) < 4.78 is 7.42. The summed E-state index contributed by atoms with van der Waals surface area (Å²) in [4.78, 5) is 13.4. The molecule has 1 saturated heterocycles. The van der Waals surface area contributed by atoms with Gasteiger partial charge >= 0.3 is 5.63 Å². The third kappa shape index (κ3) is 2.61. The van der Waals surface area contributed by atoms with E-state index in [1.54, 1.807) is 12.1 Å². The number of nitrogens with one attached hydrogen (secondary N) is 1. The molecule has 3 aromatic rings. The lowest BCUT2D eigenvalue weighted by atomic mass is 10.1. The molecule has 1 fully saturated rings. The Balaban J connectivity index is 1.71. The molecule has 1 aliphatic rings. The van der Waals surface area contributed by atoms with Gasteiger partial charge in [-0.25, -0.2) is 4.79 Å². The first-order chi connectivity index (χ1) is 11.6. The van der Waals surface area contributed by atoms with Crippen molar-refractivity contribution in [1.29, 1.82) is 0 Å². The highest BCUT2D eigenvalue weighted by molar-refractivity contribution is 5.81. The van der Waals surface area contributed by atoms with Crippen LogP contribution in [0.2, 0.25) is 0 Å². The van der Waals surface area contributed by atoms with Crippen LogP contribution in [-0.4, -0.2) is 16.2 Å². The van der Waals surface area contributed by atoms with Crippen LogP contribution in [-0.2, 0) is 13.6 Å². The second-order valence-electron chi connectivity index (χ2n) is 6.59. The standard InChI is InChI=1S/C19H20N2O3/c1-20-8-2-4-16(20)17-5-3-9-21(17)12-13-10-19(23)24-18-11-14(22)6-7-15(13)18/h2,4,6-8,10-11,17,22H,3,5,9,12H2,1H3/p+1/t17-/m0/s1. The van der Waals surface area contributed by atoms with Gasteiger partial charge in [0.05, 0.1) is 12.2 Å². The van der Waals surface area contributed by atoms with Gasteiger partial charge in [-0.1, -0.05) is 0 Å². The van der Waals surface area contributed by atoms with Crippen molar-refractivity contribution in [1.82, 2.24) is 4.57 Å². The van der Waals surface area contributed by atoms with Crippen molar-refractivity contribution >= 4 is 11.0 Å². The number of hydrogen-bond acceptors (Lipinski definition) is 3. The van der Waals surface area contributed by atoms with Gasteiger partial charge < -0.3 is 19.0 Å². The quantitative estimate of drug-likeness (QED) is 0.722. The zero-order valence-electron chi connectivity index (χ0n) is 13.7. The average Bonchev–Trinajstić information content (AvgIpc) is 3.15. The van der Waals surface area contributed by atoms with Gasteiger partial charge in [-0.05, 0) is 24.3 Å². The van der Waals surface area contributed by atoms with E-state index in [0.717, 1.165) is 30.5 Å². The Labute approximate surface area is 139 Å². The molecule has 0 saturated carbocycles. The van der Waals surface area contributed by atoms with Crippen molar-refractivity contribution in [3.05, 3.63) is 64.3 Å². The van der Waals surface area contributed by atoms with Gasteiger partial charge in [-0.2, -0.15) is 0 Å². The molecule has 0 aliphatic carbocycles. The highest BCUT2D eigenvalue weighted by Crippen LogP contribution is 2.23. The Hall–Kier alpha value is -2.53. The summed E-state index contributed by atoms with van der Waals surface area (Å²) in [5.74, 6) is 0.109. The first-order valence-electron chi connectivity index (χ1n) is 8.33. The molecule has 1 aromatic carbocycles. The van der Waals surface area contributed by atoms with Crippen molar-refractivity contribution in [2.24, 2.45) is 7.05 Å². The van der Waals surface area contributed by atoms with Gasteiger partial charge in [0.2, 0.25) is 0 Å². The number of fused-ring (bicyclic) bond motifs is 1. The van der Waals surface area contributed by atoms with E-state index in [-0.39, 0.29) is 11.4 Å². The summed E-state index contributed by atoms with van der Waals surface area (Å²) >= 11 is 0. The lowest BCUT2D eigenvalue weighted by Crippen LogP contribution is -3.09. The van der Waals surface area contributed by atoms with E-state index in [2.05, 4.69) is 29.9 Å². The van der Waals surface area contributed by atoms with Crippen molar-refractivity contribution in [2.45, 2.75) is 25.4 Å². The molecule has 3 heterocycles. The molecule has 0 amide bonds. The number of aromatic hydroxyl groups is 1. The number of nitrogens with zero attached hydrogens (tertiary/aromatic N) is 1. The number of benzene rings is 1. The first kappa shape index (κ1) is 15.0. The highest BCUT2D eigenvalue weighted by atomic mass is 16.4. The van der Waals surface area contributed by atoms with Gasteiger partial charge in [0, 0.05) is 49.2 Å². The molecule has 0 spiro atoms. The van der Waals surface area contributed by atoms with E-state index in [9.17, 15) is 9.90 Å². The molecule has 1 aliphatic heterocycles. The summed E-state index contributed by atoms with van der Waals surface area (Å²) in [6, 6.07) is 11.3. The molecule has 5 heteroatoms. The Morgan fingerprint density at radius 3 is 3.00 bits per heavy atom. The van der Waals surface area contributed by atoms with Crippen LogP contribution in [0.1, 0.15) is 30.1 Å². The van der Waals surface area contributed by atoms with E-state index >= 15 is 0 Å². The molecule has 0 bridgehead atoms. The number of phenols is 1. The monoisotopic (exact) mass is 325 g/mol. The van der Waals surface area contributed by atoms with E-state index < -0.39 is 0 Å². The molecule has 5 nitrogen and oxygen atoms in total. The number of aryl methyl sites for hydroxylation is 1. The maximum Gasteiger partial charge on any atom is 0.336 e. The third-order valence-electron chi connectivity index (χ3n) is 5.06. The first-order valence-corrected chi connectivity index (χ1v) is 8.33. The van der Waals surface area contributed by atoms with Crippen LogP contribution < -0.4 is 10.5 Å². The SMILES string of the molecule is Cn1cccc1[C@@H]1CCC[NH+]1Cc1cc(=O)oc2cc(O)ccc12. The van der Waals surface area contributed by atoms with Crippen molar-refractivity contribution in [3.8, 4) is 5.75 Å². The zero-order chi connectivity index (χ0) is 16.7. The number of quaternary nitrogens is 1. The predicted molar refractivity (Wildman–Crippen MR) is 91.1 cm³/mol. The molecule has 2 aromatic heterocycles. The maximum absolute atomic E-state index is 11.9. The maximum atomic E-state index is 11.9. The number of hydrogen-bond donors (Lipinski definition) is 2. The molecule has 2 N–H and O–H groups in total. The van der Waals surface area contributed by atoms with Gasteiger partial charge in [-0.15, -0.1) is 0 Å². The highest BCUT2D eigenvalue weighted by Gasteiger charge is 2.32. The Morgan fingerprint density at radius 2 is 2.21 bits per heavy atom. The summed E-state index contributed by atoms with van der Waals surface area (Å²) in [5.41, 5.74) is 2.41. The summed E-state index contributed by atoms with van der Waals surface area (Å²) in [7, 11) is 2.08. The van der Waals surface area contributed by atoms with Crippen molar-refractivity contribution < 1.29 is 14.4 Å². The minimum Gasteiger partial charge on any atom is -0.508 e. The molecular weight excluding hydrogens is 304 g/mol. The Morgan fingerprint density at radius 1 is 1.33 bits per heavy atom. The summed E-state index contributed by atoms with van der Waals surface area (Å²) in [6.07, 6.45) is 4.43. The Kier molecular flexibility index (Phi) is 3.65. The van der Waals surface area contributed by atoms with Gasteiger partial charge in [0.15, 0.2) is 0 Å². The van der Waals surface area contributed by atoms with Gasteiger partial charge in [-0.3, -0.25) is 0 Å². The van der Waals surface area contributed by atoms with Crippen LogP contribution in [0.3, 0.4) is 0 Å². The summed E-state index contributed by atoms with van der Waals surface area (Å²) in [6.45, 7) is 1.87. The number of likely N-dealkylation sites (tertiary alicyclic amines) is 1. The second-order valence-corrected chi connectivity index (χ2v) is 6.59. The largest absolute Gasteiger partial charge is 0.508 e. The topological polar surface area (TPSA) is 59.8 Å². The molecular formula is C19H21N2O3+. The summed E-state index contributed by atoms with van der Waals surface area (Å²) in [5, 5.41) is 10.5. The van der Waals surface area contributed by atoms with Crippen LogP contribution in [0.5, 0.6) is 5.75 Å². The lowest BCUT2D eigenvalue weighted by molar-refractivity contribution is -0.932. The second kappa shape index (κ2) is 5.83. The van der Waals surface area contributed by atoms with Crippen LogP contribution in [0.25, 0.3) is 11.0 Å². The lowest BCUT2D eigenvalue weighted by Gasteiger charge is -2.22. The van der Waals surface area contributed by atoms with Crippen LogP contribution >= 0.6 is 0 Å². The van der Waals surface area contributed by atoms with Crippen molar-refractivity contribution in [3.63, 3.8) is 0 Å². The van der Waals surface area contributed by atoms with Gasteiger partial charge in [0.25, 0.3) is 0 Å². The minimum absolute atomic E-state index is 0.109. The number of phenolic OH excluding ortho intramolecular Hbond substituents is 1. The van der Waals surface area contributed by atoms with E-state index in [0.29, 0.717) is 11.6 Å². The van der Waals surface area contributed by atoms with Crippen LogP contribution in [0, 0.1) is 0 Å². The normalized spacial score (nSPS) is 20.7. The molecule has 2 atom stereocenters. The van der Waals surface area contributed by atoms with Gasteiger partial charge in [0.1, 0.15) is 23.9 Å². The fourth-order valence-corrected chi connectivity index (χ4v) is 3.93. The molecule has 1 unspecified atom stereocenters. The average molecular weight is 325 g/mol. The van der Waals surface area contributed by atoms with E-state index in [1.807, 2.05) is 6.07 Å². The molecule has 4 rings (SSSR count).